The maximum absolute atomic E-state index is 12.1. The van der Waals surface area contributed by atoms with Crippen molar-refractivity contribution in [3.05, 3.63) is 16.5 Å². The van der Waals surface area contributed by atoms with Gasteiger partial charge in [-0.25, -0.2) is 18.7 Å². The molecule has 6 heteroatoms. The van der Waals surface area contributed by atoms with Gasteiger partial charge >= 0.3 is 0 Å². The van der Waals surface area contributed by atoms with Crippen molar-refractivity contribution in [3.63, 3.8) is 0 Å². The number of rotatable bonds is 3. The summed E-state index contributed by atoms with van der Waals surface area (Å²) in [5.74, 6) is 0.903. The molecule has 1 aromatic heterocycles. The minimum atomic E-state index is -2.43. The molecule has 1 rings (SSSR count). The number of nitrogens with zero attached hydrogens (tertiary/aromatic N) is 2. The Morgan fingerprint density at radius 2 is 1.88 bits per heavy atom. The van der Waals surface area contributed by atoms with E-state index in [-0.39, 0.29) is 5.41 Å². The maximum Gasteiger partial charge on any atom is 0.255 e. The molecule has 0 fully saturated rings. The van der Waals surface area contributed by atoms with E-state index in [2.05, 4.69) is 15.3 Å². The third-order valence-corrected chi connectivity index (χ3v) is 2.55. The van der Waals surface area contributed by atoms with Gasteiger partial charge in [0.25, 0.3) is 6.43 Å². The van der Waals surface area contributed by atoms with Crippen LogP contribution < -0.4 is 5.32 Å². The summed E-state index contributed by atoms with van der Waals surface area (Å²) in [4.78, 5) is 8.39. The normalized spacial score (nSPS) is 12.0. The first-order chi connectivity index (χ1) is 7.71. The molecular weight excluding hydrogens is 248 g/mol. The number of hydrogen-bond acceptors (Lipinski definition) is 3. The predicted molar refractivity (Wildman–Crippen MR) is 65.0 cm³/mol. The maximum atomic E-state index is 12.1. The summed E-state index contributed by atoms with van der Waals surface area (Å²) in [7, 11) is 0. The second-order valence-corrected chi connectivity index (χ2v) is 5.19. The van der Waals surface area contributed by atoms with Crippen LogP contribution in [-0.4, -0.2) is 22.9 Å². The fraction of sp³-hybridized carbons (Fsp3) is 0.636. The second kappa shape index (κ2) is 5.12. The van der Waals surface area contributed by atoms with Crippen molar-refractivity contribution < 1.29 is 8.78 Å². The highest BCUT2D eigenvalue weighted by Crippen LogP contribution is 2.26. The molecule has 0 unspecified atom stereocenters. The molecule has 0 aliphatic rings. The highest BCUT2D eigenvalue weighted by molar-refractivity contribution is 6.30. The molecule has 0 bridgehead atoms. The van der Waals surface area contributed by atoms with E-state index in [4.69, 9.17) is 11.6 Å². The number of hydrogen-bond donors (Lipinski definition) is 1. The van der Waals surface area contributed by atoms with E-state index in [0.29, 0.717) is 22.4 Å². The lowest BCUT2D eigenvalue weighted by molar-refractivity contribution is 0.163. The van der Waals surface area contributed by atoms with Crippen LogP contribution in [0.4, 0.5) is 14.6 Å². The molecule has 0 aromatic carbocycles. The summed E-state index contributed by atoms with van der Waals surface area (Å²) in [6, 6.07) is 0. The molecule has 0 saturated carbocycles. The average Bonchev–Trinajstić information content (AvgIpc) is 2.18. The highest BCUT2D eigenvalue weighted by atomic mass is 35.5. The standard InChI is InChI=1S/C11H16ClF2N3/c1-6-8(12)16-10(11(2,3)4)17-9(6)15-5-7(13)14/h7H,5H2,1-4H3,(H,15,16,17). The molecule has 0 amide bonds. The van der Waals surface area contributed by atoms with Gasteiger partial charge in [0.2, 0.25) is 0 Å². The number of nitrogens with one attached hydrogen (secondary N) is 1. The summed E-state index contributed by atoms with van der Waals surface area (Å²) in [6.07, 6.45) is -2.43. The van der Waals surface area contributed by atoms with Crippen molar-refractivity contribution in [2.45, 2.75) is 39.5 Å². The molecule has 0 spiro atoms. The van der Waals surface area contributed by atoms with Crippen LogP contribution in [0.2, 0.25) is 5.15 Å². The number of aromatic nitrogens is 2. The largest absolute Gasteiger partial charge is 0.364 e. The van der Waals surface area contributed by atoms with Gasteiger partial charge in [0.15, 0.2) is 0 Å². The molecule has 0 aliphatic heterocycles. The summed E-state index contributed by atoms with van der Waals surface area (Å²) >= 11 is 5.96. The molecule has 1 heterocycles. The monoisotopic (exact) mass is 263 g/mol. The van der Waals surface area contributed by atoms with Gasteiger partial charge in [-0.3, -0.25) is 0 Å². The molecule has 17 heavy (non-hydrogen) atoms. The quantitative estimate of drug-likeness (QED) is 0.849. The van der Waals surface area contributed by atoms with Crippen LogP contribution in [0.5, 0.6) is 0 Å². The third-order valence-electron chi connectivity index (χ3n) is 2.18. The van der Waals surface area contributed by atoms with E-state index in [1.54, 1.807) is 6.92 Å². The minimum Gasteiger partial charge on any atom is -0.364 e. The zero-order valence-electron chi connectivity index (χ0n) is 10.3. The van der Waals surface area contributed by atoms with Crippen molar-refractivity contribution >= 4 is 17.4 Å². The topological polar surface area (TPSA) is 37.8 Å². The van der Waals surface area contributed by atoms with Gasteiger partial charge in [-0.15, -0.1) is 0 Å². The average molecular weight is 264 g/mol. The number of alkyl halides is 2. The van der Waals surface area contributed by atoms with E-state index >= 15 is 0 Å². The summed E-state index contributed by atoms with van der Waals surface area (Å²) < 4.78 is 24.3. The second-order valence-electron chi connectivity index (χ2n) is 4.83. The van der Waals surface area contributed by atoms with Crippen LogP contribution in [-0.2, 0) is 5.41 Å². The van der Waals surface area contributed by atoms with Crippen molar-refractivity contribution in [2.75, 3.05) is 11.9 Å². The zero-order valence-corrected chi connectivity index (χ0v) is 11.1. The van der Waals surface area contributed by atoms with Crippen molar-refractivity contribution in [1.82, 2.24) is 9.97 Å². The van der Waals surface area contributed by atoms with Gasteiger partial charge in [0.05, 0.1) is 6.54 Å². The lowest BCUT2D eigenvalue weighted by Gasteiger charge is -2.19. The van der Waals surface area contributed by atoms with Crippen LogP contribution in [0.3, 0.4) is 0 Å². The lowest BCUT2D eigenvalue weighted by atomic mass is 9.95. The molecule has 0 aliphatic carbocycles. The first-order valence-electron chi connectivity index (χ1n) is 5.28. The van der Waals surface area contributed by atoms with Crippen LogP contribution in [0, 0.1) is 6.92 Å². The van der Waals surface area contributed by atoms with Gasteiger partial charge in [0.1, 0.15) is 16.8 Å². The van der Waals surface area contributed by atoms with Crippen molar-refractivity contribution in [3.8, 4) is 0 Å². The number of halogens is 3. The fourth-order valence-electron chi connectivity index (χ4n) is 1.17. The summed E-state index contributed by atoms with van der Waals surface area (Å²) in [6.45, 7) is 7.06. The molecule has 3 nitrogen and oxygen atoms in total. The Kier molecular flexibility index (Phi) is 4.25. The Balaban J connectivity index is 3.07. The van der Waals surface area contributed by atoms with Crippen LogP contribution >= 0.6 is 11.6 Å². The SMILES string of the molecule is Cc1c(Cl)nc(C(C)(C)C)nc1NCC(F)F. The van der Waals surface area contributed by atoms with Gasteiger partial charge in [-0.1, -0.05) is 32.4 Å². The molecule has 0 radical (unpaired) electrons. The minimum absolute atomic E-state index is 0.279. The van der Waals surface area contributed by atoms with Gasteiger partial charge in [-0.2, -0.15) is 0 Å². The van der Waals surface area contributed by atoms with E-state index in [1.807, 2.05) is 20.8 Å². The Hall–Kier alpha value is -0.970. The molecule has 0 atom stereocenters. The van der Waals surface area contributed by atoms with E-state index in [1.165, 1.54) is 0 Å². The Labute approximate surface area is 105 Å². The highest BCUT2D eigenvalue weighted by Gasteiger charge is 2.20. The fourth-order valence-corrected chi connectivity index (χ4v) is 1.34. The Bertz CT molecular complexity index is 402. The third kappa shape index (κ3) is 3.77. The summed E-state index contributed by atoms with van der Waals surface area (Å²) in [5, 5.41) is 2.87. The van der Waals surface area contributed by atoms with Gasteiger partial charge in [-0.05, 0) is 6.92 Å². The first kappa shape index (κ1) is 14.1. The summed E-state index contributed by atoms with van der Waals surface area (Å²) in [5.41, 5.74) is 0.304. The number of anilines is 1. The Morgan fingerprint density at radius 1 is 1.29 bits per heavy atom. The Morgan fingerprint density at radius 3 is 2.35 bits per heavy atom. The van der Waals surface area contributed by atoms with E-state index < -0.39 is 13.0 Å². The zero-order chi connectivity index (χ0) is 13.2. The molecule has 0 saturated heterocycles. The molecular formula is C11H16ClF2N3. The molecule has 96 valence electrons. The van der Waals surface area contributed by atoms with Crippen LogP contribution in [0.15, 0.2) is 0 Å². The molecule has 1 N–H and O–H groups in total. The van der Waals surface area contributed by atoms with E-state index in [9.17, 15) is 8.78 Å². The molecule has 1 aromatic rings. The van der Waals surface area contributed by atoms with E-state index in [0.717, 1.165) is 0 Å². The van der Waals surface area contributed by atoms with Crippen LogP contribution in [0.25, 0.3) is 0 Å². The van der Waals surface area contributed by atoms with Crippen LogP contribution in [0.1, 0.15) is 32.2 Å². The van der Waals surface area contributed by atoms with Gasteiger partial charge in [0, 0.05) is 11.0 Å². The van der Waals surface area contributed by atoms with Crippen molar-refractivity contribution in [1.29, 1.82) is 0 Å². The first-order valence-corrected chi connectivity index (χ1v) is 5.66. The smallest absolute Gasteiger partial charge is 0.255 e. The van der Waals surface area contributed by atoms with Gasteiger partial charge < -0.3 is 5.32 Å². The van der Waals surface area contributed by atoms with Crippen molar-refractivity contribution in [2.24, 2.45) is 0 Å². The predicted octanol–water partition coefficient (Wildman–Crippen LogP) is 3.41. The lowest BCUT2D eigenvalue weighted by Crippen LogP contribution is -2.19.